The van der Waals surface area contributed by atoms with Crippen LogP contribution in [0.3, 0.4) is 0 Å². The maximum Gasteiger partial charge on any atom is 0.204 e. The van der Waals surface area contributed by atoms with E-state index in [1.165, 1.54) is 6.07 Å². The maximum absolute atomic E-state index is 13.0. The van der Waals surface area contributed by atoms with E-state index < -0.39 is 5.82 Å². The number of nitrogens with zero attached hydrogens (tertiary/aromatic N) is 2. The Balaban J connectivity index is 3.02. The van der Waals surface area contributed by atoms with Crippen LogP contribution in [-0.4, -0.2) is 9.55 Å². The monoisotopic (exact) mass is 352 g/mol. The molecule has 16 heavy (non-hydrogen) atoms. The summed E-state index contributed by atoms with van der Waals surface area (Å²) in [6.45, 7) is 0. The van der Waals surface area contributed by atoms with E-state index in [0.717, 1.165) is 6.20 Å². The van der Waals surface area contributed by atoms with E-state index in [1.54, 1.807) is 11.6 Å². The molecule has 0 saturated heterocycles. The van der Waals surface area contributed by atoms with Gasteiger partial charge in [-0.3, -0.25) is 4.79 Å². The van der Waals surface area contributed by atoms with Crippen LogP contribution in [0.15, 0.2) is 17.1 Å². The highest BCUT2D eigenvalue weighted by Crippen LogP contribution is 2.17. The Bertz CT molecular complexity index is 626. The Morgan fingerprint density at radius 1 is 1.62 bits per heavy atom. The summed E-state index contributed by atoms with van der Waals surface area (Å²) < 4.78 is 15.2. The number of aromatic nitrogens is 2. The molecule has 84 valence electrons. The summed E-state index contributed by atoms with van der Waals surface area (Å²) in [5.41, 5.74) is 0.915. The number of aryl methyl sites for hydroxylation is 1. The molecule has 2 rings (SSSR count). The predicted molar refractivity (Wildman–Crippen MR) is 69.2 cm³/mol. The van der Waals surface area contributed by atoms with Crippen LogP contribution < -0.4 is 5.43 Å². The van der Waals surface area contributed by atoms with Gasteiger partial charge >= 0.3 is 0 Å². The van der Waals surface area contributed by atoms with Gasteiger partial charge in [0, 0.05) is 7.05 Å². The second-order valence-electron chi connectivity index (χ2n) is 3.31. The summed E-state index contributed by atoms with van der Waals surface area (Å²) in [6, 6.07) is 1.20. The first-order valence-corrected chi connectivity index (χ1v) is 6.06. The molecular weight excluding hydrogens is 345 g/mol. The Kier molecular flexibility index (Phi) is 3.16. The lowest BCUT2D eigenvalue weighted by Gasteiger charge is -2.11. The van der Waals surface area contributed by atoms with E-state index in [9.17, 15) is 9.18 Å². The van der Waals surface area contributed by atoms with Crippen LogP contribution in [0.2, 0.25) is 0 Å². The topological polar surface area (TPSA) is 34.9 Å². The van der Waals surface area contributed by atoms with Crippen LogP contribution in [0.4, 0.5) is 4.39 Å². The Morgan fingerprint density at radius 2 is 2.31 bits per heavy atom. The van der Waals surface area contributed by atoms with Crippen molar-refractivity contribution in [3.63, 3.8) is 0 Å². The number of hydrogen-bond donors (Lipinski definition) is 0. The number of pyridine rings is 2. The molecule has 0 radical (unpaired) electrons. The highest BCUT2D eigenvalue weighted by atomic mass is 127. The third-order valence-electron chi connectivity index (χ3n) is 2.38. The lowest BCUT2D eigenvalue weighted by molar-refractivity contribution is 0.623. The first-order valence-electron chi connectivity index (χ1n) is 4.45. The van der Waals surface area contributed by atoms with Crippen LogP contribution >= 0.6 is 34.2 Å². The highest BCUT2D eigenvalue weighted by Gasteiger charge is 2.13. The van der Waals surface area contributed by atoms with Crippen molar-refractivity contribution in [3.8, 4) is 0 Å². The van der Waals surface area contributed by atoms with Crippen molar-refractivity contribution in [3.05, 3.63) is 37.6 Å². The molecule has 0 aromatic carbocycles. The van der Waals surface area contributed by atoms with E-state index in [0.29, 0.717) is 14.9 Å². The second kappa shape index (κ2) is 4.29. The van der Waals surface area contributed by atoms with Crippen LogP contribution in [0.5, 0.6) is 0 Å². The van der Waals surface area contributed by atoms with Gasteiger partial charge in [0.1, 0.15) is 11.5 Å². The molecule has 2 heterocycles. The number of hydrogen-bond acceptors (Lipinski definition) is 2. The average Bonchev–Trinajstić information content (AvgIpc) is 2.27. The van der Waals surface area contributed by atoms with E-state index in [1.807, 2.05) is 22.6 Å². The molecule has 0 unspecified atom stereocenters. The zero-order valence-electron chi connectivity index (χ0n) is 8.30. The number of fused-ring (bicyclic) bond motifs is 1. The predicted octanol–water partition coefficient (Wildman–Crippen LogP) is 2.42. The summed E-state index contributed by atoms with van der Waals surface area (Å²) >= 11 is 7.70. The van der Waals surface area contributed by atoms with Gasteiger partial charge in [0.25, 0.3) is 0 Å². The fraction of sp³-hybridized carbons (Fsp3) is 0.200. The molecule has 0 atom stereocenters. The molecule has 3 nitrogen and oxygen atoms in total. The fourth-order valence-electron chi connectivity index (χ4n) is 1.54. The van der Waals surface area contributed by atoms with Gasteiger partial charge in [0.15, 0.2) is 0 Å². The smallest absolute Gasteiger partial charge is 0.204 e. The van der Waals surface area contributed by atoms with E-state index in [4.69, 9.17) is 11.6 Å². The minimum atomic E-state index is -0.515. The molecule has 6 heteroatoms. The molecule has 0 amide bonds. The molecule has 0 saturated carbocycles. The molecule has 0 aliphatic heterocycles. The van der Waals surface area contributed by atoms with E-state index >= 15 is 0 Å². The minimum absolute atomic E-state index is 0.221. The van der Waals surface area contributed by atoms with Gasteiger partial charge in [-0.2, -0.15) is 0 Å². The quantitative estimate of drug-likeness (QED) is 0.584. The fourth-order valence-corrected chi connectivity index (χ4v) is 2.92. The summed E-state index contributed by atoms with van der Waals surface area (Å²) in [6.07, 6.45) is 1.09. The van der Waals surface area contributed by atoms with Crippen molar-refractivity contribution in [2.75, 3.05) is 0 Å². The number of halogens is 3. The second-order valence-corrected chi connectivity index (χ2v) is 4.65. The molecular formula is C10H7ClFIN2O. The summed E-state index contributed by atoms with van der Waals surface area (Å²) in [5.74, 6) is -0.294. The van der Waals surface area contributed by atoms with Gasteiger partial charge in [-0.25, -0.2) is 9.37 Å². The third kappa shape index (κ3) is 1.71. The normalized spacial score (nSPS) is 11.0. The number of alkyl halides is 1. The van der Waals surface area contributed by atoms with Gasteiger partial charge in [-0.1, -0.05) is 0 Å². The summed E-state index contributed by atoms with van der Waals surface area (Å²) in [7, 11) is 1.76. The zero-order chi connectivity index (χ0) is 11.9. The molecule has 0 bridgehead atoms. The van der Waals surface area contributed by atoms with Crippen molar-refractivity contribution >= 4 is 45.2 Å². The van der Waals surface area contributed by atoms with Crippen molar-refractivity contribution < 1.29 is 4.39 Å². The van der Waals surface area contributed by atoms with Crippen molar-refractivity contribution in [2.24, 2.45) is 7.05 Å². The third-order valence-corrected chi connectivity index (χ3v) is 3.75. The molecule has 0 aliphatic carbocycles. The molecule has 0 spiro atoms. The summed E-state index contributed by atoms with van der Waals surface area (Å²) in [5, 5.41) is 0.278. The van der Waals surface area contributed by atoms with Gasteiger partial charge in [0.2, 0.25) is 5.43 Å². The molecule has 0 aliphatic rings. The molecule has 2 aromatic rings. The first kappa shape index (κ1) is 11.8. The molecule has 0 fully saturated rings. The largest absolute Gasteiger partial charge is 0.330 e. The van der Waals surface area contributed by atoms with Crippen molar-refractivity contribution in [1.82, 2.24) is 9.55 Å². The SMILES string of the molecule is Cn1c(CCl)c(I)c(=O)c2cc(F)cnc21. The zero-order valence-corrected chi connectivity index (χ0v) is 11.2. The van der Waals surface area contributed by atoms with Crippen LogP contribution in [-0.2, 0) is 12.9 Å². The number of rotatable bonds is 1. The van der Waals surface area contributed by atoms with Crippen molar-refractivity contribution in [1.29, 1.82) is 0 Å². The molecule has 0 N–H and O–H groups in total. The Hall–Kier alpha value is -0.690. The van der Waals surface area contributed by atoms with Crippen LogP contribution in [0.25, 0.3) is 11.0 Å². The van der Waals surface area contributed by atoms with Gasteiger partial charge in [-0.15, -0.1) is 11.6 Å². The highest BCUT2D eigenvalue weighted by molar-refractivity contribution is 14.1. The molecule has 2 aromatic heterocycles. The lowest BCUT2D eigenvalue weighted by atomic mass is 10.2. The van der Waals surface area contributed by atoms with E-state index in [2.05, 4.69) is 4.98 Å². The minimum Gasteiger partial charge on any atom is -0.330 e. The Labute approximate surface area is 109 Å². The van der Waals surface area contributed by atoms with E-state index in [-0.39, 0.29) is 16.7 Å². The van der Waals surface area contributed by atoms with Gasteiger partial charge < -0.3 is 4.57 Å². The maximum atomic E-state index is 13.0. The average molecular weight is 353 g/mol. The lowest BCUT2D eigenvalue weighted by Crippen LogP contribution is -2.17. The standard InChI is InChI=1S/C10H7ClFIN2O/c1-15-7(3-11)8(13)9(16)6-2-5(12)4-14-10(6)15/h2,4H,3H2,1H3. The van der Waals surface area contributed by atoms with Gasteiger partial charge in [0.05, 0.1) is 26.7 Å². The summed E-state index contributed by atoms with van der Waals surface area (Å²) in [4.78, 5) is 15.8. The Morgan fingerprint density at radius 3 is 2.94 bits per heavy atom. The van der Waals surface area contributed by atoms with Crippen LogP contribution in [0.1, 0.15) is 5.69 Å². The van der Waals surface area contributed by atoms with Crippen LogP contribution in [0, 0.1) is 9.39 Å². The van der Waals surface area contributed by atoms with Crippen molar-refractivity contribution in [2.45, 2.75) is 5.88 Å². The first-order chi connectivity index (χ1) is 7.56. The van der Waals surface area contributed by atoms with Gasteiger partial charge in [-0.05, 0) is 28.7 Å².